The largest absolute Gasteiger partial charge is 0.310 e. The third-order valence-corrected chi connectivity index (χ3v) is 13.6. The van der Waals surface area contributed by atoms with Crippen molar-refractivity contribution in [3.63, 3.8) is 0 Å². The lowest BCUT2D eigenvalue weighted by atomic mass is 9.97. The van der Waals surface area contributed by atoms with Crippen LogP contribution in [0.5, 0.6) is 0 Å². The molecular weight excluding hydrogens is 801 g/mol. The summed E-state index contributed by atoms with van der Waals surface area (Å²) in [7, 11) is 0. The van der Waals surface area contributed by atoms with E-state index < -0.39 is 0 Å². The smallest absolute Gasteiger partial charge is 0.0995 e. The molecule has 12 aromatic carbocycles. The van der Waals surface area contributed by atoms with Crippen LogP contribution in [0.15, 0.2) is 231 Å². The predicted molar refractivity (Wildman–Crippen MR) is 279 cm³/mol. The Kier molecular flexibility index (Phi) is 7.95. The molecule has 14 aromatic rings. The first-order chi connectivity index (χ1) is 32.7. The van der Waals surface area contributed by atoms with Gasteiger partial charge in [-0.15, -0.1) is 0 Å². The summed E-state index contributed by atoms with van der Waals surface area (Å²) in [6.07, 6.45) is 0. The van der Waals surface area contributed by atoms with Crippen molar-refractivity contribution in [1.82, 2.24) is 14.5 Å². The minimum absolute atomic E-state index is 0.874. The zero-order valence-corrected chi connectivity index (χ0v) is 35.7. The maximum Gasteiger partial charge on any atom is 0.0995 e. The molecule has 2 heterocycles. The van der Waals surface area contributed by atoms with Crippen LogP contribution in [-0.4, -0.2) is 14.5 Å². The highest BCUT2D eigenvalue weighted by atomic mass is 15.1. The summed E-state index contributed by atoms with van der Waals surface area (Å²) >= 11 is 0. The Balaban J connectivity index is 1.05. The second-order valence-electron chi connectivity index (χ2n) is 17.4. The molecule has 4 nitrogen and oxygen atoms in total. The van der Waals surface area contributed by atoms with Gasteiger partial charge in [0.25, 0.3) is 0 Å². The third kappa shape index (κ3) is 5.58. The summed E-state index contributed by atoms with van der Waals surface area (Å²) in [6, 6.07) is 83.4. The van der Waals surface area contributed by atoms with Crippen LogP contribution < -0.4 is 4.90 Å². The Labute approximate surface area is 379 Å². The second-order valence-corrected chi connectivity index (χ2v) is 17.4. The van der Waals surface area contributed by atoms with E-state index in [1.165, 1.54) is 43.4 Å². The first kappa shape index (κ1) is 36.6. The summed E-state index contributed by atoms with van der Waals surface area (Å²) < 4.78 is 2.41. The SMILES string of the molecule is c1ccc(-c2ccc3c4c5nc6c7ccc(N(c8ccc9ccccc9c8)c8cccc9ccccc89)cc7c7ccccc7c6nc5ccc4n(-c4ccc5ccccc5c4)c3c2)cc1. The summed E-state index contributed by atoms with van der Waals surface area (Å²) in [5, 5.41) is 13.9. The monoisotopic (exact) mass is 838 g/mol. The van der Waals surface area contributed by atoms with Crippen molar-refractivity contribution in [2.75, 3.05) is 4.90 Å². The molecule has 0 aliphatic heterocycles. The van der Waals surface area contributed by atoms with Gasteiger partial charge in [0.2, 0.25) is 0 Å². The Morgan fingerprint density at radius 1 is 0.318 bits per heavy atom. The van der Waals surface area contributed by atoms with E-state index in [-0.39, 0.29) is 0 Å². The fraction of sp³-hybridized carbons (Fsp3) is 0. The van der Waals surface area contributed by atoms with Gasteiger partial charge < -0.3 is 9.47 Å². The van der Waals surface area contributed by atoms with Crippen LogP contribution in [0.3, 0.4) is 0 Å². The minimum Gasteiger partial charge on any atom is -0.310 e. The van der Waals surface area contributed by atoms with Gasteiger partial charge in [0.1, 0.15) is 0 Å². The molecule has 0 spiro atoms. The van der Waals surface area contributed by atoms with Crippen molar-refractivity contribution in [2.45, 2.75) is 0 Å². The van der Waals surface area contributed by atoms with Gasteiger partial charge in [-0.2, -0.15) is 0 Å². The first-order valence-corrected chi connectivity index (χ1v) is 22.6. The fourth-order valence-electron chi connectivity index (χ4n) is 10.6. The average molecular weight is 839 g/mol. The van der Waals surface area contributed by atoms with Gasteiger partial charge in [-0.25, -0.2) is 9.97 Å². The standard InChI is InChI=1S/C62H38N4/c1-2-13-39(14-3-1)45-27-31-53-58(37-45)66(47-29-26-41-16-5-7-19-44(41)36-47)57-34-33-55-62(59(53)57)64-61-52-32-30-48(38-54(52)50-22-10-11-23-51(50)60(61)63-55)65(46-28-25-40-15-4-6-18-43(40)35-46)56-24-12-20-42-17-8-9-21-49(42)56/h1-38H. The number of fused-ring (bicyclic) bond motifs is 14. The molecule has 0 atom stereocenters. The van der Waals surface area contributed by atoms with E-state index in [9.17, 15) is 0 Å². The van der Waals surface area contributed by atoms with Crippen LogP contribution in [0, 0.1) is 0 Å². The molecule has 0 aliphatic carbocycles. The lowest BCUT2D eigenvalue weighted by Gasteiger charge is -2.27. The van der Waals surface area contributed by atoms with Crippen LogP contribution in [0.1, 0.15) is 0 Å². The zero-order chi connectivity index (χ0) is 43.3. The number of hydrogen-bond donors (Lipinski definition) is 0. The molecule has 66 heavy (non-hydrogen) atoms. The highest BCUT2D eigenvalue weighted by Gasteiger charge is 2.22. The van der Waals surface area contributed by atoms with Crippen molar-refractivity contribution >= 4 is 115 Å². The molecule has 0 N–H and O–H groups in total. The molecule has 0 saturated carbocycles. The van der Waals surface area contributed by atoms with Gasteiger partial charge in [0, 0.05) is 44.0 Å². The number of rotatable bonds is 5. The topological polar surface area (TPSA) is 34.0 Å². The highest BCUT2D eigenvalue weighted by Crippen LogP contribution is 2.45. The molecule has 0 amide bonds. The molecule has 0 unspecified atom stereocenters. The number of nitrogens with zero attached hydrogens (tertiary/aromatic N) is 4. The van der Waals surface area contributed by atoms with Crippen LogP contribution in [0.25, 0.3) is 115 Å². The van der Waals surface area contributed by atoms with Crippen LogP contribution >= 0.6 is 0 Å². The van der Waals surface area contributed by atoms with E-state index in [4.69, 9.17) is 9.97 Å². The molecule has 0 aliphatic rings. The lowest BCUT2D eigenvalue weighted by Crippen LogP contribution is -2.10. The Bertz CT molecular complexity index is 4300. The number of anilines is 3. The van der Waals surface area contributed by atoms with Crippen LogP contribution in [0.4, 0.5) is 17.1 Å². The highest BCUT2D eigenvalue weighted by molar-refractivity contribution is 6.27. The molecule has 2 aromatic heterocycles. The van der Waals surface area contributed by atoms with Crippen molar-refractivity contribution in [3.8, 4) is 16.8 Å². The number of hydrogen-bond acceptors (Lipinski definition) is 3. The fourth-order valence-corrected chi connectivity index (χ4v) is 10.6. The number of aromatic nitrogens is 3. The molecule has 14 rings (SSSR count). The lowest BCUT2D eigenvalue weighted by molar-refractivity contribution is 1.19. The van der Waals surface area contributed by atoms with Gasteiger partial charge in [-0.1, -0.05) is 170 Å². The van der Waals surface area contributed by atoms with E-state index in [1.54, 1.807) is 0 Å². The second kappa shape index (κ2) is 14.3. The van der Waals surface area contributed by atoms with Gasteiger partial charge in [0.15, 0.2) is 0 Å². The van der Waals surface area contributed by atoms with Crippen molar-refractivity contribution in [2.24, 2.45) is 0 Å². The quantitative estimate of drug-likeness (QED) is 0.128. The summed E-state index contributed by atoms with van der Waals surface area (Å²) in [6.45, 7) is 0. The first-order valence-electron chi connectivity index (χ1n) is 22.6. The van der Waals surface area contributed by atoms with E-state index in [1.807, 2.05) is 0 Å². The van der Waals surface area contributed by atoms with E-state index in [2.05, 4.69) is 240 Å². The van der Waals surface area contributed by atoms with Gasteiger partial charge in [0.05, 0.1) is 38.8 Å². The van der Waals surface area contributed by atoms with Crippen molar-refractivity contribution in [3.05, 3.63) is 231 Å². The number of benzene rings is 12. The summed E-state index contributed by atoms with van der Waals surface area (Å²) in [5.41, 5.74) is 12.6. The van der Waals surface area contributed by atoms with E-state index in [0.29, 0.717) is 0 Å². The van der Waals surface area contributed by atoms with Gasteiger partial charge in [-0.3, -0.25) is 0 Å². The molecule has 0 radical (unpaired) electrons. The average Bonchev–Trinajstić information content (AvgIpc) is 3.72. The Morgan fingerprint density at radius 2 is 0.939 bits per heavy atom. The Morgan fingerprint density at radius 3 is 1.77 bits per heavy atom. The van der Waals surface area contributed by atoms with Crippen LogP contribution in [-0.2, 0) is 0 Å². The van der Waals surface area contributed by atoms with Crippen molar-refractivity contribution in [1.29, 1.82) is 0 Å². The molecular formula is C62H38N4. The third-order valence-electron chi connectivity index (χ3n) is 13.6. The molecule has 4 heteroatoms. The van der Waals surface area contributed by atoms with Crippen molar-refractivity contribution < 1.29 is 0 Å². The zero-order valence-electron chi connectivity index (χ0n) is 35.7. The summed E-state index contributed by atoms with van der Waals surface area (Å²) in [4.78, 5) is 13.7. The normalized spacial score (nSPS) is 11.9. The Hall–Kier alpha value is -8.86. The summed E-state index contributed by atoms with van der Waals surface area (Å²) in [5.74, 6) is 0. The molecule has 306 valence electrons. The molecule has 0 fully saturated rings. The predicted octanol–water partition coefficient (Wildman–Crippen LogP) is 16.8. The van der Waals surface area contributed by atoms with E-state index in [0.717, 1.165) is 88.2 Å². The maximum atomic E-state index is 5.75. The van der Waals surface area contributed by atoms with Gasteiger partial charge >= 0.3 is 0 Å². The maximum absolute atomic E-state index is 5.75. The minimum atomic E-state index is 0.874. The molecule has 0 bridgehead atoms. The van der Waals surface area contributed by atoms with E-state index >= 15 is 0 Å². The molecule has 0 saturated heterocycles. The van der Waals surface area contributed by atoms with Gasteiger partial charge in [-0.05, 0) is 109 Å². The van der Waals surface area contributed by atoms with Crippen LogP contribution in [0.2, 0.25) is 0 Å².